The van der Waals surface area contributed by atoms with Crippen molar-refractivity contribution in [1.29, 1.82) is 0 Å². The van der Waals surface area contributed by atoms with Crippen LogP contribution in [0.5, 0.6) is 0 Å². The minimum atomic E-state index is -0.475. The monoisotopic (exact) mass is 382 g/mol. The molecular weight excluding hydrogens is 368 g/mol. The van der Waals surface area contributed by atoms with Gasteiger partial charge in [-0.15, -0.1) is 0 Å². The van der Waals surface area contributed by atoms with E-state index in [2.05, 4.69) is 20.6 Å². The molecule has 136 valence electrons. The van der Waals surface area contributed by atoms with Crippen LogP contribution in [0.15, 0.2) is 60.9 Å². The van der Waals surface area contributed by atoms with Crippen LogP contribution in [0.4, 0.5) is 17.3 Å². The number of para-hydroxylation sites is 1. The molecule has 0 fully saturated rings. The topological polar surface area (TPSA) is 93.2 Å². The van der Waals surface area contributed by atoms with Crippen molar-refractivity contribution >= 4 is 40.8 Å². The lowest BCUT2D eigenvalue weighted by Crippen LogP contribution is -2.13. The van der Waals surface area contributed by atoms with Crippen LogP contribution in [0.2, 0.25) is 5.02 Å². The molecule has 3 aromatic rings. The van der Waals surface area contributed by atoms with Gasteiger partial charge in [-0.25, -0.2) is 14.8 Å². The summed E-state index contributed by atoms with van der Waals surface area (Å²) in [6.07, 6.45) is 2.78. The number of esters is 1. The van der Waals surface area contributed by atoms with Crippen LogP contribution in [0.25, 0.3) is 0 Å². The number of nitrogens with one attached hydrogen (secondary N) is 2. The number of hydrogen-bond acceptors (Lipinski definition) is 6. The van der Waals surface area contributed by atoms with E-state index in [1.165, 1.54) is 19.5 Å². The molecule has 3 rings (SSSR count). The average molecular weight is 383 g/mol. The van der Waals surface area contributed by atoms with Gasteiger partial charge in [-0.2, -0.15) is 0 Å². The number of aromatic nitrogens is 2. The van der Waals surface area contributed by atoms with Gasteiger partial charge in [0.05, 0.1) is 23.9 Å². The van der Waals surface area contributed by atoms with Gasteiger partial charge in [0.1, 0.15) is 0 Å². The fourth-order valence-corrected chi connectivity index (χ4v) is 2.37. The number of carbonyl (C=O) groups is 2. The van der Waals surface area contributed by atoms with Gasteiger partial charge in [0, 0.05) is 23.1 Å². The lowest BCUT2D eigenvalue weighted by Gasteiger charge is -2.09. The van der Waals surface area contributed by atoms with Crippen molar-refractivity contribution in [1.82, 2.24) is 9.97 Å². The Hall–Kier alpha value is -3.45. The maximum absolute atomic E-state index is 12.2. The summed E-state index contributed by atoms with van der Waals surface area (Å²) in [5, 5.41) is 6.25. The van der Waals surface area contributed by atoms with Gasteiger partial charge in [0.25, 0.3) is 5.91 Å². The van der Waals surface area contributed by atoms with Crippen molar-refractivity contribution in [3.63, 3.8) is 0 Å². The molecule has 7 nitrogen and oxygen atoms in total. The number of benzene rings is 2. The third kappa shape index (κ3) is 4.59. The highest BCUT2D eigenvalue weighted by Crippen LogP contribution is 2.19. The molecule has 0 aliphatic heterocycles. The molecule has 0 aliphatic rings. The van der Waals surface area contributed by atoms with Gasteiger partial charge in [-0.1, -0.05) is 23.7 Å². The number of methoxy groups -OCH3 is 1. The van der Waals surface area contributed by atoms with Gasteiger partial charge in [0.2, 0.25) is 5.95 Å². The first-order chi connectivity index (χ1) is 13.1. The Bertz CT molecular complexity index is 959. The summed E-state index contributed by atoms with van der Waals surface area (Å²) in [4.78, 5) is 32.3. The van der Waals surface area contributed by atoms with Crippen molar-refractivity contribution in [3.8, 4) is 0 Å². The molecule has 0 aliphatic carbocycles. The quantitative estimate of drug-likeness (QED) is 0.650. The van der Waals surface area contributed by atoms with Crippen molar-refractivity contribution in [2.45, 2.75) is 0 Å². The number of nitrogens with zero attached hydrogens (tertiary/aromatic N) is 2. The number of anilines is 3. The van der Waals surface area contributed by atoms with Crippen LogP contribution in [0.1, 0.15) is 20.7 Å². The normalized spacial score (nSPS) is 10.1. The second-order valence-corrected chi connectivity index (χ2v) is 5.85. The summed E-state index contributed by atoms with van der Waals surface area (Å²) in [6.45, 7) is 0. The van der Waals surface area contributed by atoms with Crippen LogP contribution >= 0.6 is 11.6 Å². The van der Waals surface area contributed by atoms with Gasteiger partial charge >= 0.3 is 5.97 Å². The molecule has 8 heteroatoms. The van der Waals surface area contributed by atoms with E-state index in [0.29, 0.717) is 22.0 Å². The summed E-state index contributed by atoms with van der Waals surface area (Å²) < 4.78 is 4.75. The van der Waals surface area contributed by atoms with Crippen LogP contribution < -0.4 is 10.6 Å². The molecule has 2 N–H and O–H groups in total. The standard InChI is InChI=1S/C19H15ClN4O3/c1-27-18(26)15-4-2-3-5-16(15)24-19-21-10-12(11-22-19)17(25)23-14-8-6-13(20)7-9-14/h2-11H,1H3,(H,23,25)(H,21,22,24). The molecule has 0 atom stereocenters. The van der Waals surface area contributed by atoms with E-state index in [9.17, 15) is 9.59 Å². The molecule has 2 aromatic carbocycles. The van der Waals surface area contributed by atoms with Crippen molar-refractivity contribution in [2.24, 2.45) is 0 Å². The molecular formula is C19H15ClN4O3. The number of halogens is 1. The highest BCUT2D eigenvalue weighted by Gasteiger charge is 2.13. The number of amides is 1. The van der Waals surface area contributed by atoms with E-state index >= 15 is 0 Å². The van der Waals surface area contributed by atoms with Gasteiger partial charge < -0.3 is 15.4 Å². The fourth-order valence-electron chi connectivity index (χ4n) is 2.25. The van der Waals surface area contributed by atoms with E-state index in [1.54, 1.807) is 48.5 Å². The Morgan fingerprint density at radius 2 is 1.67 bits per heavy atom. The Morgan fingerprint density at radius 3 is 2.33 bits per heavy atom. The third-order valence-corrected chi connectivity index (χ3v) is 3.85. The fraction of sp³-hybridized carbons (Fsp3) is 0.0526. The first-order valence-electron chi connectivity index (χ1n) is 7.90. The molecule has 1 heterocycles. The molecule has 0 radical (unpaired) electrons. The molecule has 0 bridgehead atoms. The van der Waals surface area contributed by atoms with Crippen LogP contribution in [0.3, 0.4) is 0 Å². The van der Waals surface area contributed by atoms with Crippen molar-refractivity contribution in [3.05, 3.63) is 77.1 Å². The molecule has 0 saturated carbocycles. The molecule has 1 aromatic heterocycles. The summed E-state index contributed by atoms with van der Waals surface area (Å²) in [5.41, 5.74) is 1.76. The van der Waals surface area contributed by atoms with E-state index in [-0.39, 0.29) is 17.4 Å². The summed E-state index contributed by atoms with van der Waals surface area (Å²) >= 11 is 5.82. The zero-order valence-corrected chi connectivity index (χ0v) is 15.0. The van der Waals surface area contributed by atoms with Gasteiger partial charge in [0.15, 0.2) is 0 Å². The maximum Gasteiger partial charge on any atom is 0.339 e. The Morgan fingerprint density at radius 1 is 1.00 bits per heavy atom. The molecule has 0 unspecified atom stereocenters. The van der Waals surface area contributed by atoms with Gasteiger partial charge in [-0.3, -0.25) is 4.79 Å². The lowest BCUT2D eigenvalue weighted by molar-refractivity contribution is 0.0601. The second-order valence-electron chi connectivity index (χ2n) is 5.42. The highest BCUT2D eigenvalue weighted by atomic mass is 35.5. The lowest BCUT2D eigenvalue weighted by atomic mass is 10.2. The molecule has 27 heavy (non-hydrogen) atoms. The Labute approximate surface area is 160 Å². The number of rotatable bonds is 5. The van der Waals surface area contributed by atoms with Gasteiger partial charge in [-0.05, 0) is 36.4 Å². The SMILES string of the molecule is COC(=O)c1ccccc1Nc1ncc(C(=O)Nc2ccc(Cl)cc2)cn1. The zero-order chi connectivity index (χ0) is 19.2. The minimum absolute atomic E-state index is 0.245. The van der Waals surface area contributed by atoms with Crippen LogP contribution in [-0.2, 0) is 4.74 Å². The Balaban J connectivity index is 1.71. The largest absolute Gasteiger partial charge is 0.465 e. The van der Waals surface area contributed by atoms with Crippen molar-refractivity contribution < 1.29 is 14.3 Å². The van der Waals surface area contributed by atoms with E-state index in [0.717, 1.165) is 0 Å². The Kier molecular flexibility index (Phi) is 5.63. The summed E-state index contributed by atoms with van der Waals surface area (Å²) in [6, 6.07) is 13.6. The second kappa shape index (κ2) is 8.29. The zero-order valence-electron chi connectivity index (χ0n) is 14.3. The number of ether oxygens (including phenoxy) is 1. The molecule has 0 saturated heterocycles. The van der Waals surface area contributed by atoms with Crippen molar-refractivity contribution in [2.75, 3.05) is 17.7 Å². The number of carbonyl (C=O) groups excluding carboxylic acids is 2. The maximum atomic E-state index is 12.2. The molecule has 1 amide bonds. The average Bonchev–Trinajstić information content (AvgIpc) is 2.70. The van der Waals surface area contributed by atoms with E-state index in [1.807, 2.05) is 0 Å². The van der Waals surface area contributed by atoms with Crippen LogP contribution in [-0.4, -0.2) is 29.0 Å². The third-order valence-electron chi connectivity index (χ3n) is 3.59. The first kappa shape index (κ1) is 18.3. The number of hydrogen-bond donors (Lipinski definition) is 2. The van der Waals surface area contributed by atoms with E-state index in [4.69, 9.17) is 16.3 Å². The molecule has 0 spiro atoms. The predicted molar refractivity (Wildman–Crippen MR) is 103 cm³/mol. The van der Waals surface area contributed by atoms with E-state index < -0.39 is 5.97 Å². The smallest absolute Gasteiger partial charge is 0.339 e. The van der Waals surface area contributed by atoms with Crippen LogP contribution in [0, 0.1) is 0 Å². The summed E-state index contributed by atoms with van der Waals surface area (Å²) in [5.74, 6) is -0.578. The first-order valence-corrected chi connectivity index (χ1v) is 8.28. The summed E-state index contributed by atoms with van der Waals surface area (Å²) in [7, 11) is 1.31. The predicted octanol–water partition coefficient (Wildman–Crippen LogP) is 3.91. The highest BCUT2D eigenvalue weighted by molar-refractivity contribution is 6.30. The minimum Gasteiger partial charge on any atom is -0.465 e.